The van der Waals surface area contributed by atoms with Gasteiger partial charge in [0.05, 0.1) is 12.1 Å². The lowest BCUT2D eigenvalue weighted by atomic mass is 10.1. The van der Waals surface area contributed by atoms with Crippen LogP contribution in [0.5, 0.6) is 5.88 Å². The summed E-state index contributed by atoms with van der Waals surface area (Å²) < 4.78 is 43.9. The average molecular weight is 459 g/mol. The van der Waals surface area contributed by atoms with Crippen LogP contribution in [0.4, 0.5) is 24.7 Å². The van der Waals surface area contributed by atoms with Gasteiger partial charge in [0, 0.05) is 12.6 Å². The number of pyridine rings is 2. The molecule has 1 aliphatic heterocycles. The van der Waals surface area contributed by atoms with Crippen molar-refractivity contribution in [2.24, 2.45) is 5.41 Å². The summed E-state index contributed by atoms with van der Waals surface area (Å²) >= 11 is 0. The van der Waals surface area contributed by atoms with Gasteiger partial charge < -0.3 is 10.1 Å². The molecule has 2 amide bonds. The molecule has 1 saturated carbocycles. The van der Waals surface area contributed by atoms with Crippen molar-refractivity contribution in [2.75, 3.05) is 10.2 Å². The molecular formula is C22H20F3N5O3. The number of carbonyl (C=O) groups is 2. The second-order valence-corrected chi connectivity index (χ2v) is 8.59. The molecular weight excluding hydrogens is 439 g/mol. The Kier molecular flexibility index (Phi) is 5.47. The van der Waals surface area contributed by atoms with E-state index < -0.39 is 23.9 Å². The highest BCUT2D eigenvalue weighted by Crippen LogP contribution is 2.48. The lowest BCUT2D eigenvalue weighted by Gasteiger charge is -2.32. The quantitative estimate of drug-likeness (QED) is 0.729. The molecule has 1 aliphatic carbocycles. The van der Waals surface area contributed by atoms with Gasteiger partial charge in [0.15, 0.2) is 11.9 Å². The van der Waals surface area contributed by atoms with Crippen LogP contribution in [0.3, 0.4) is 0 Å². The van der Waals surface area contributed by atoms with Crippen LogP contribution in [0.15, 0.2) is 24.4 Å². The van der Waals surface area contributed by atoms with Crippen LogP contribution >= 0.6 is 0 Å². The first-order valence-corrected chi connectivity index (χ1v) is 10.2. The number of nitrogens with one attached hydrogen (secondary N) is 1. The van der Waals surface area contributed by atoms with Crippen LogP contribution in [0.25, 0.3) is 0 Å². The molecule has 4 rings (SSSR count). The average Bonchev–Trinajstić information content (AvgIpc) is 3.47. The maximum absolute atomic E-state index is 12.8. The second-order valence-electron chi connectivity index (χ2n) is 8.59. The van der Waals surface area contributed by atoms with Crippen LogP contribution < -0.4 is 15.0 Å². The molecule has 11 heteroatoms. The number of carbonyl (C=O) groups excluding carboxylic acids is 2. The van der Waals surface area contributed by atoms with Crippen molar-refractivity contribution >= 4 is 23.3 Å². The highest BCUT2D eigenvalue weighted by Gasteiger charge is 2.40. The topological polar surface area (TPSA) is 108 Å². The Hall–Kier alpha value is -3.68. The molecule has 33 heavy (non-hydrogen) atoms. The number of fused-ring (bicyclic) bond motifs is 1. The molecule has 0 radical (unpaired) electrons. The molecule has 3 heterocycles. The molecule has 0 spiro atoms. The van der Waals surface area contributed by atoms with Crippen molar-refractivity contribution in [1.82, 2.24) is 9.97 Å². The van der Waals surface area contributed by atoms with Gasteiger partial charge in [-0.1, -0.05) is 13.0 Å². The highest BCUT2D eigenvalue weighted by molar-refractivity contribution is 6.00. The van der Waals surface area contributed by atoms with E-state index in [9.17, 15) is 28.0 Å². The van der Waals surface area contributed by atoms with Gasteiger partial charge in [-0.25, -0.2) is 0 Å². The van der Waals surface area contributed by atoms with Crippen molar-refractivity contribution in [3.63, 3.8) is 0 Å². The van der Waals surface area contributed by atoms with E-state index in [1.807, 2.05) is 13.0 Å². The normalized spacial score (nSPS) is 18.7. The maximum atomic E-state index is 12.8. The Labute approximate surface area is 187 Å². The van der Waals surface area contributed by atoms with Gasteiger partial charge in [0.25, 0.3) is 5.91 Å². The zero-order valence-electron chi connectivity index (χ0n) is 17.9. The Bertz CT molecular complexity index is 1150. The first kappa shape index (κ1) is 22.5. The number of nitriles is 1. The molecule has 2 aliphatic rings. The number of alkyl halides is 3. The van der Waals surface area contributed by atoms with E-state index in [-0.39, 0.29) is 40.8 Å². The van der Waals surface area contributed by atoms with Crippen LogP contribution in [0, 0.1) is 16.7 Å². The molecule has 0 bridgehead atoms. The molecule has 8 nitrogen and oxygen atoms in total. The number of rotatable bonds is 5. The predicted octanol–water partition coefficient (Wildman–Crippen LogP) is 3.81. The minimum Gasteiger partial charge on any atom is -0.463 e. The third-order valence-corrected chi connectivity index (χ3v) is 5.69. The maximum Gasteiger partial charge on any atom is 0.433 e. The summed E-state index contributed by atoms with van der Waals surface area (Å²) in [7, 11) is 0. The molecule has 0 aromatic carbocycles. The molecule has 1 N–H and O–H groups in total. The first-order chi connectivity index (χ1) is 15.5. The van der Waals surface area contributed by atoms with Crippen molar-refractivity contribution < 1.29 is 27.5 Å². The van der Waals surface area contributed by atoms with E-state index in [1.165, 1.54) is 24.0 Å². The standard InChI is InChI=1S/C22H20F3N5O3/c1-12-20(32)30(11-13-3-4-16(27-10-13)22(23,24)25)15-7-14(9-26)18(29-19(15)33-12)28-17(31)8-21(2)5-6-21/h3-4,7,10,12H,5-6,8,11H2,1-2H3,(H,28,29,31). The number of aromatic nitrogens is 2. The van der Waals surface area contributed by atoms with Crippen molar-refractivity contribution in [3.05, 3.63) is 41.2 Å². The summed E-state index contributed by atoms with van der Waals surface area (Å²) in [5, 5.41) is 12.2. The highest BCUT2D eigenvalue weighted by atomic mass is 19.4. The van der Waals surface area contributed by atoms with Crippen LogP contribution in [-0.2, 0) is 22.3 Å². The molecule has 1 atom stereocenters. The van der Waals surface area contributed by atoms with Gasteiger partial charge in [0.2, 0.25) is 11.8 Å². The summed E-state index contributed by atoms with van der Waals surface area (Å²) in [6.07, 6.45) is -2.23. The van der Waals surface area contributed by atoms with E-state index in [2.05, 4.69) is 15.3 Å². The van der Waals surface area contributed by atoms with Crippen LogP contribution in [-0.4, -0.2) is 27.9 Å². The van der Waals surface area contributed by atoms with Crippen molar-refractivity contribution in [1.29, 1.82) is 5.26 Å². The van der Waals surface area contributed by atoms with Gasteiger partial charge in [0.1, 0.15) is 17.5 Å². The van der Waals surface area contributed by atoms with Crippen molar-refractivity contribution in [3.8, 4) is 11.9 Å². The van der Waals surface area contributed by atoms with Crippen LogP contribution in [0.1, 0.15) is 49.9 Å². The SMILES string of the molecule is CC1Oc2nc(NC(=O)CC3(C)CC3)c(C#N)cc2N(Cc2ccc(C(F)(F)F)nc2)C1=O. The van der Waals surface area contributed by atoms with E-state index >= 15 is 0 Å². The van der Waals surface area contributed by atoms with Crippen molar-refractivity contribution in [2.45, 2.75) is 51.9 Å². The van der Waals surface area contributed by atoms with Crippen LogP contribution in [0.2, 0.25) is 0 Å². The van der Waals surface area contributed by atoms with E-state index in [4.69, 9.17) is 4.74 Å². The molecule has 0 saturated heterocycles. The number of ether oxygens (including phenoxy) is 1. The molecule has 1 unspecified atom stereocenters. The Balaban J connectivity index is 1.62. The minimum absolute atomic E-state index is 0.0307. The fraction of sp³-hybridized carbons (Fsp3) is 0.409. The molecule has 2 aromatic heterocycles. The first-order valence-electron chi connectivity index (χ1n) is 10.2. The van der Waals surface area contributed by atoms with E-state index in [1.54, 1.807) is 0 Å². The van der Waals surface area contributed by atoms with Gasteiger partial charge in [-0.3, -0.25) is 19.5 Å². The number of amides is 2. The fourth-order valence-corrected chi connectivity index (χ4v) is 3.49. The summed E-state index contributed by atoms with van der Waals surface area (Å²) in [5.41, 5.74) is -0.506. The smallest absolute Gasteiger partial charge is 0.433 e. The van der Waals surface area contributed by atoms with Gasteiger partial charge in [-0.2, -0.15) is 23.4 Å². The fourth-order valence-electron chi connectivity index (χ4n) is 3.49. The Morgan fingerprint density at radius 2 is 2.12 bits per heavy atom. The summed E-state index contributed by atoms with van der Waals surface area (Å²) in [4.78, 5) is 34.1. The Morgan fingerprint density at radius 3 is 2.70 bits per heavy atom. The zero-order valence-corrected chi connectivity index (χ0v) is 17.9. The molecule has 172 valence electrons. The number of anilines is 2. The Morgan fingerprint density at radius 1 is 1.39 bits per heavy atom. The van der Waals surface area contributed by atoms with Gasteiger partial charge in [-0.15, -0.1) is 0 Å². The lowest BCUT2D eigenvalue weighted by Crippen LogP contribution is -2.44. The monoisotopic (exact) mass is 459 g/mol. The summed E-state index contributed by atoms with van der Waals surface area (Å²) in [5.74, 6) is -0.657. The number of halogens is 3. The van der Waals surface area contributed by atoms with Gasteiger partial charge in [-0.05, 0) is 42.9 Å². The lowest BCUT2D eigenvalue weighted by molar-refractivity contribution is -0.141. The minimum atomic E-state index is -4.57. The van der Waals surface area contributed by atoms with Gasteiger partial charge >= 0.3 is 6.18 Å². The summed E-state index contributed by atoms with van der Waals surface area (Å²) in [6, 6.07) is 5.40. The number of hydrogen-bond acceptors (Lipinski definition) is 6. The number of nitrogens with zero attached hydrogens (tertiary/aromatic N) is 4. The third-order valence-electron chi connectivity index (χ3n) is 5.69. The molecule has 1 fully saturated rings. The van der Waals surface area contributed by atoms with E-state index in [0.717, 1.165) is 25.1 Å². The largest absolute Gasteiger partial charge is 0.463 e. The second kappa shape index (κ2) is 8.03. The predicted molar refractivity (Wildman–Crippen MR) is 110 cm³/mol. The number of hydrogen-bond donors (Lipinski definition) is 1. The summed E-state index contributed by atoms with van der Waals surface area (Å²) in [6.45, 7) is 3.42. The van der Waals surface area contributed by atoms with E-state index in [0.29, 0.717) is 12.0 Å². The zero-order chi connectivity index (χ0) is 24.0. The third kappa shape index (κ3) is 4.74. The molecule has 2 aromatic rings.